The van der Waals surface area contributed by atoms with E-state index in [2.05, 4.69) is 56.3 Å². The highest BCUT2D eigenvalue weighted by molar-refractivity contribution is 7.17. The minimum Gasteiger partial charge on any atom is -0.369 e. The van der Waals surface area contributed by atoms with E-state index in [4.69, 9.17) is 5.73 Å². The van der Waals surface area contributed by atoms with Gasteiger partial charge in [-0.15, -0.1) is 11.3 Å². The van der Waals surface area contributed by atoms with Crippen LogP contribution in [-0.2, 0) is 6.54 Å². The smallest absolute Gasteiger partial charge is 0.224 e. The second kappa shape index (κ2) is 8.81. The molecule has 4 N–H and O–H groups in total. The van der Waals surface area contributed by atoms with Gasteiger partial charge < -0.3 is 16.4 Å². The molecule has 2 aliphatic rings. The fourth-order valence-corrected chi connectivity index (χ4v) is 6.31. The highest BCUT2D eigenvalue weighted by Gasteiger charge is 2.37. The van der Waals surface area contributed by atoms with Crippen molar-refractivity contribution in [3.63, 3.8) is 0 Å². The van der Waals surface area contributed by atoms with Crippen LogP contribution in [0.3, 0.4) is 0 Å². The van der Waals surface area contributed by atoms with Gasteiger partial charge in [-0.1, -0.05) is 24.6 Å². The van der Waals surface area contributed by atoms with E-state index in [-0.39, 0.29) is 0 Å². The summed E-state index contributed by atoms with van der Waals surface area (Å²) in [5, 5.41) is 19.7. The van der Waals surface area contributed by atoms with E-state index in [1.807, 2.05) is 0 Å². The third-order valence-corrected chi connectivity index (χ3v) is 7.99. The molecule has 0 saturated heterocycles. The molecule has 0 aliphatic heterocycles. The van der Waals surface area contributed by atoms with Gasteiger partial charge >= 0.3 is 0 Å². The number of thiophene rings is 1. The summed E-state index contributed by atoms with van der Waals surface area (Å²) in [7, 11) is 0. The molecule has 4 atom stereocenters. The number of nitriles is 1. The molecule has 0 radical (unpaired) electrons. The Balaban J connectivity index is 1.25. The molecular weight excluding hydrogens is 404 g/mol. The van der Waals surface area contributed by atoms with Crippen LogP contribution in [0.5, 0.6) is 0 Å². The lowest BCUT2D eigenvalue weighted by Crippen LogP contribution is -2.47. The van der Waals surface area contributed by atoms with Crippen LogP contribution in [0.2, 0.25) is 0 Å². The lowest BCUT2D eigenvalue weighted by Gasteiger charge is -2.44. The van der Waals surface area contributed by atoms with Crippen LogP contribution in [0.15, 0.2) is 35.8 Å². The molecule has 2 bridgehead atoms. The number of benzene rings is 1. The first-order chi connectivity index (χ1) is 15.2. The second-order valence-corrected chi connectivity index (χ2v) is 9.84. The molecule has 3 aromatic rings. The summed E-state index contributed by atoms with van der Waals surface area (Å²) in [6.07, 6.45) is 7.80. The topological polar surface area (TPSA) is 99.6 Å². The van der Waals surface area contributed by atoms with Gasteiger partial charge in [-0.05, 0) is 65.8 Å². The molecule has 2 aliphatic carbocycles. The van der Waals surface area contributed by atoms with Gasteiger partial charge in [-0.2, -0.15) is 10.2 Å². The monoisotopic (exact) mass is 432 g/mol. The number of fused-ring (bicyclic) bond motifs is 3. The minimum atomic E-state index is 0.378. The molecule has 0 spiro atoms. The van der Waals surface area contributed by atoms with Crippen molar-refractivity contribution in [3.8, 4) is 6.07 Å². The van der Waals surface area contributed by atoms with Gasteiger partial charge in [0.2, 0.25) is 5.95 Å². The quantitative estimate of drug-likeness (QED) is 0.520. The van der Waals surface area contributed by atoms with Gasteiger partial charge in [-0.25, -0.2) is 4.98 Å². The number of hydrogen-bond acceptors (Lipinski definition) is 7. The van der Waals surface area contributed by atoms with Gasteiger partial charge in [0.25, 0.3) is 0 Å². The van der Waals surface area contributed by atoms with Crippen LogP contribution in [0.1, 0.15) is 43.2 Å². The minimum absolute atomic E-state index is 0.378. The fraction of sp³-hybridized carbons (Fsp3) is 0.458. The summed E-state index contributed by atoms with van der Waals surface area (Å²) in [5.41, 5.74) is 8.15. The Kier molecular flexibility index (Phi) is 5.75. The van der Waals surface area contributed by atoms with Crippen LogP contribution in [0, 0.1) is 29.1 Å². The Labute approximate surface area is 186 Å². The summed E-state index contributed by atoms with van der Waals surface area (Å²) in [4.78, 5) is 8.96. The Bertz CT molecular complexity index is 1090. The molecule has 1 unspecified atom stereocenters. The largest absolute Gasteiger partial charge is 0.369 e. The molecule has 31 heavy (non-hydrogen) atoms. The van der Waals surface area contributed by atoms with Crippen LogP contribution in [0.25, 0.3) is 10.1 Å². The van der Waals surface area contributed by atoms with Crippen LogP contribution >= 0.6 is 11.3 Å². The summed E-state index contributed by atoms with van der Waals surface area (Å²) < 4.78 is 1.28. The van der Waals surface area contributed by atoms with Gasteiger partial charge in [-0.3, -0.25) is 0 Å². The first-order valence-electron chi connectivity index (χ1n) is 11.2. The average molecular weight is 433 g/mol. The number of aromatic nitrogens is 2. The van der Waals surface area contributed by atoms with E-state index in [1.165, 1.54) is 47.8 Å². The maximum atomic E-state index is 9.51. The summed E-state index contributed by atoms with van der Waals surface area (Å²) in [5.74, 6) is 3.05. The molecule has 6 nitrogen and oxygen atoms in total. The van der Waals surface area contributed by atoms with Gasteiger partial charge in [0.05, 0.1) is 6.20 Å². The van der Waals surface area contributed by atoms with E-state index in [1.54, 1.807) is 17.5 Å². The maximum Gasteiger partial charge on any atom is 0.224 e. The zero-order chi connectivity index (χ0) is 21.2. The van der Waals surface area contributed by atoms with Crippen molar-refractivity contribution >= 4 is 33.2 Å². The molecule has 1 aromatic carbocycles. The standard InChI is InChI=1S/C24H28N6S/c25-10-18-12-28-24(29-13-19-14-31-21-7-2-1-6-20(19)21)30-23(18)27-11-15-8-16-4-3-5-17(9-15)22(16)26/h1-2,6-7,12,14-17,22H,3-5,8-9,11,13,26H2,(H2,27,28,29,30)/t15?,16-,17+,22-. The molecule has 2 aromatic heterocycles. The highest BCUT2D eigenvalue weighted by atomic mass is 32.1. The van der Waals surface area contributed by atoms with E-state index in [0.29, 0.717) is 47.7 Å². The van der Waals surface area contributed by atoms with Crippen molar-refractivity contribution in [1.82, 2.24) is 9.97 Å². The molecule has 2 heterocycles. The highest BCUT2D eigenvalue weighted by Crippen LogP contribution is 2.41. The Morgan fingerprint density at radius 1 is 1.16 bits per heavy atom. The van der Waals surface area contributed by atoms with Crippen molar-refractivity contribution in [1.29, 1.82) is 5.26 Å². The first-order valence-corrected chi connectivity index (χ1v) is 12.0. The zero-order valence-corrected chi connectivity index (χ0v) is 18.4. The number of nitrogens with zero attached hydrogens (tertiary/aromatic N) is 3. The normalized spacial score (nSPS) is 25.2. The fourth-order valence-electron chi connectivity index (χ4n) is 5.35. The van der Waals surface area contributed by atoms with Crippen LogP contribution < -0.4 is 16.4 Å². The van der Waals surface area contributed by atoms with Crippen LogP contribution in [0.4, 0.5) is 11.8 Å². The predicted octanol–water partition coefficient (Wildman–Crippen LogP) is 4.74. The lowest BCUT2D eigenvalue weighted by atomic mass is 9.65. The van der Waals surface area contributed by atoms with E-state index in [9.17, 15) is 5.26 Å². The van der Waals surface area contributed by atoms with E-state index >= 15 is 0 Å². The molecule has 5 rings (SSSR count). The van der Waals surface area contributed by atoms with Crippen molar-refractivity contribution < 1.29 is 0 Å². The summed E-state index contributed by atoms with van der Waals surface area (Å²) in [6.45, 7) is 1.49. The molecule has 2 saturated carbocycles. The zero-order valence-electron chi connectivity index (χ0n) is 17.6. The van der Waals surface area contributed by atoms with Crippen LogP contribution in [-0.4, -0.2) is 22.6 Å². The lowest BCUT2D eigenvalue weighted by molar-refractivity contribution is 0.112. The molecule has 2 fully saturated rings. The molecule has 160 valence electrons. The van der Waals surface area contributed by atoms with Gasteiger partial charge in [0.1, 0.15) is 17.5 Å². The van der Waals surface area contributed by atoms with Crippen molar-refractivity contribution in [3.05, 3.63) is 47.0 Å². The molecular formula is C24H28N6S. The Morgan fingerprint density at radius 3 is 2.77 bits per heavy atom. The van der Waals surface area contributed by atoms with Gasteiger partial charge in [0.15, 0.2) is 0 Å². The van der Waals surface area contributed by atoms with Gasteiger partial charge in [0, 0.05) is 23.8 Å². The van der Waals surface area contributed by atoms with E-state index in [0.717, 1.165) is 6.54 Å². The number of hydrogen-bond donors (Lipinski definition) is 3. The SMILES string of the molecule is N#Cc1cnc(NCc2csc3ccccc23)nc1NCC1C[C@H]2CCC[C@@H](C1)[C@@H]2N. The third-order valence-electron chi connectivity index (χ3n) is 6.98. The second-order valence-electron chi connectivity index (χ2n) is 8.93. The van der Waals surface area contributed by atoms with Crippen molar-refractivity contribution in [2.24, 2.45) is 23.5 Å². The number of rotatable bonds is 6. The molecule has 7 heteroatoms. The maximum absolute atomic E-state index is 9.51. The predicted molar refractivity (Wildman–Crippen MR) is 126 cm³/mol. The summed E-state index contributed by atoms with van der Waals surface area (Å²) in [6, 6.07) is 11.0. The summed E-state index contributed by atoms with van der Waals surface area (Å²) >= 11 is 1.74. The van der Waals surface area contributed by atoms with Crippen molar-refractivity contribution in [2.45, 2.75) is 44.7 Å². The Morgan fingerprint density at radius 2 is 1.97 bits per heavy atom. The van der Waals surface area contributed by atoms with Crippen molar-refractivity contribution in [2.75, 3.05) is 17.2 Å². The third kappa shape index (κ3) is 4.23. The number of nitrogens with one attached hydrogen (secondary N) is 2. The first kappa shape index (κ1) is 20.2. The molecule has 0 amide bonds. The average Bonchev–Trinajstić information content (AvgIpc) is 3.20. The number of nitrogens with two attached hydrogens (primary N) is 1. The van der Waals surface area contributed by atoms with E-state index < -0.39 is 0 Å². The number of anilines is 2. The Hall–Kier alpha value is -2.69.